The van der Waals surface area contributed by atoms with Crippen LogP contribution < -0.4 is 4.74 Å². The zero-order valence-electron chi connectivity index (χ0n) is 9.07. The summed E-state index contributed by atoms with van der Waals surface area (Å²) >= 11 is 0. The van der Waals surface area contributed by atoms with E-state index in [4.69, 9.17) is 14.7 Å². The second kappa shape index (κ2) is 3.25. The minimum Gasteiger partial charge on any atom is -0.496 e. The molecule has 1 aliphatic rings. The van der Waals surface area contributed by atoms with Gasteiger partial charge in [-0.25, -0.2) is 0 Å². The highest BCUT2D eigenvalue weighted by Crippen LogP contribution is 2.48. The Balaban J connectivity index is 2.45. The predicted octanol–water partition coefficient (Wildman–Crippen LogP) is 2.14. The molecule has 0 amide bonds. The fraction of sp³-hybridized carbons (Fsp3) is 0.417. The standard InChI is InChI=1S/C12H13NO2/c1-8-4-5-10(14-3)9(6-8)12(2)11(7-13)15-12/h4-6,11H,1-3H3. The van der Waals surface area contributed by atoms with Crippen LogP contribution in [0.15, 0.2) is 18.2 Å². The second-order valence-corrected chi connectivity index (χ2v) is 3.94. The van der Waals surface area contributed by atoms with Gasteiger partial charge in [-0.2, -0.15) is 5.26 Å². The Kier molecular flexibility index (Phi) is 2.17. The molecular weight excluding hydrogens is 190 g/mol. The molecule has 0 aliphatic carbocycles. The first kappa shape index (κ1) is 10.0. The maximum atomic E-state index is 8.82. The highest BCUT2D eigenvalue weighted by atomic mass is 16.6. The van der Waals surface area contributed by atoms with Gasteiger partial charge in [-0.05, 0) is 26.0 Å². The van der Waals surface area contributed by atoms with Crippen LogP contribution in [0.3, 0.4) is 0 Å². The first-order valence-electron chi connectivity index (χ1n) is 4.84. The van der Waals surface area contributed by atoms with E-state index in [1.165, 1.54) is 0 Å². The quantitative estimate of drug-likeness (QED) is 0.692. The van der Waals surface area contributed by atoms with Crippen LogP contribution in [0.2, 0.25) is 0 Å². The van der Waals surface area contributed by atoms with Gasteiger partial charge in [-0.1, -0.05) is 11.6 Å². The fourth-order valence-corrected chi connectivity index (χ4v) is 1.77. The first-order valence-corrected chi connectivity index (χ1v) is 4.84. The molecule has 2 atom stereocenters. The van der Waals surface area contributed by atoms with E-state index in [0.717, 1.165) is 16.9 Å². The molecule has 0 saturated carbocycles. The van der Waals surface area contributed by atoms with Crippen LogP contribution in [0.25, 0.3) is 0 Å². The third-order valence-corrected chi connectivity index (χ3v) is 2.81. The van der Waals surface area contributed by atoms with Crippen molar-refractivity contribution in [3.63, 3.8) is 0 Å². The van der Waals surface area contributed by atoms with Crippen LogP contribution in [0.5, 0.6) is 5.75 Å². The molecule has 1 aliphatic heterocycles. The van der Waals surface area contributed by atoms with Gasteiger partial charge in [0.2, 0.25) is 0 Å². The van der Waals surface area contributed by atoms with Crippen molar-refractivity contribution in [3.05, 3.63) is 29.3 Å². The number of methoxy groups -OCH3 is 1. The molecule has 1 saturated heterocycles. The lowest BCUT2D eigenvalue weighted by Crippen LogP contribution is -2.09. The van der Waals surface area contributed by atoms with Crippen LogP contribution >= 0.6 is 0 Å². The van der Waals surface area contributed by atoms with Gasteiger partial charge in [-0.3, -0.25) is 0 Å². The summed E-state index contributed by atoms with van der Waals surface area (Å²) in [7, 11) is 1.63. The van der Waals surface area contributed by atoms with Gasteiger partial charge >= 0.3 is 0 Å². The van der Waals surface area contributed by atoms with E-state index in [9.17, 15) is 0 Å². The minimum atomic E-state index is -0.494. The molecule has 3 heteroatoms. The van der Waals surface area contributed by atoms with Crippen LogP contribution in [-0.2, 0) is 10.3 Å². The molecule has 0 radical (unpaired) electrons. The number of ether oxygens (including phenoxy) is 2. The maximum absolute atomic E-state index is 8.82. The van der Waals surface area contributed by atoms with Crippen molar-refractivity contribution in [1.29, 1.82) is 5.26 Å². The Labute approximate surface area is 89.2 Å². The molecule has 0 bridgehead atoms. The van der Waals surface area contributed by atoms with Gasteiger partial charge in [0, 0.05) is 5.56 Å². The molecule has 1 fully saturated rings. The van der Waals surface area contributed by atoms with Gasteiger partial charge in [0.15, 0.2) is 6.10 Å². The largest absolute Gasteiger partial charge is 0.496 e. The van der Waals surface area contributed by atoms with Crippen LogP contribution in [-0.4, -0.2) is 13.2 Å². The van der Waals surface area contributed by atoms with Crippen molar-refractivity contribution < 1.29 is 9.47 Å². The molecule has 2 rings (SSSR count). The van der Waals surface area contributed by atoms with E-state index in [2.05, 4.69) is 6.07 Å². The molecule has 0 N–H and O–H groups in total. The van der Waals surface area contributed by atoms with E-state index < -0.39 is 5.60 Å². The Morgan fingerprint density at radius 2 is 2.27 bits per heavy atom. The molecule has 1 aromatic rings. The zero-order valence-corrected chi connectivity index (χ0v) is 9.07. The van der Waals surface area contributed by atoms with Gasteiger partial charge in [0.25, 0.3) is 0 Å². The van der Waals surface area contributed by atoms with E-state index in [1.807, 2.05) is 32.0 Å². The van der Waals surface area contributed by atoms with Crippen molar-refractivity contribution in [2.24, 2.45) is 0 Å². The summed E-state index contributed by atoms with van der Waals surface area (Å²) in [6, 6.07) is 8.02. The Hall–Kier alpha value is -1.53. The number of rotatable bonds is 2. The molecule has 15 heavy (non-hydrogen) atoms. The SMILES string of the molecule is COc1ccc(C)cc1C1(C)OC1C#N. The van der Waals surface area contributed by atoms with Crippen LogP contribution in [0.4, 0.5) is 0 Å². The van der Waals surface area contributed by atoms with Gasteiger partial charge in [0.1, 0.15) is 11.4 Å². The summed E-state index contributed by atoms with van der Waals surface area (Å²) in [5, 5.41) is 8.82. The third kappa shape index (κ3) is 1.47. The number of nitrogens with zero attached hydrogens (tertiary/aromatic N) is 1. The average Bonchev–Trinajstić information content (AvgIpc) is 2.91. The summed E-state index contributed by atoms with van der Waals surface area (Å²) in [4.78, 5) is 0. The molecule has 1 heterocycles. The summed E-state index contributed by atoms with van der Waals surface area (Å²) < 4.78 is 10.7. The molecule has 1 aromatic carbocycles. The maximum Gasteiger partial charge on any atom is 0.178 e. The number of hydrogen-bond donors (Lipinski definition) is 0. The molecule has 2 unspecified atom stereocenters. The summed E-state index contributed by atoms with van der Waals surface area (Å²) in [5.74, 6) is 0.779. The first-order chi connectivity index (χ1) is 7.11. The highest BCUT2D eigenvalue weighted by molar-refractivity contribution is 5.45. The van der Waals surface area contributed by atoms with Crippen molar-refractivity contribution in [2.45, 2.75) is 25.6 Å². The predicted molar refractivity (Wildman–Crippen MR) is 55.6 cm³/mol. The van der Waals surface area contributed by atoms with Gasteiger partial charge in [0.05, 0.1) is 13.2 Å². The second-order valence-electron chi connectivity index (χ2n) is 3.94. The van der Waals surface area contributed by atoms with E-state index in [1.54, 1.807) is 7.11 Å². The summed E-state index contributed by atoms with van der Waals surface area (Å²) in [6.45, 7) is 3.92. The monoisotopic (exact) mass is 203 g/mol. The average molecular weight is 203 g/mol. The number of hydrogen-bond acceptors (Lipinski definition) is 3. The smallest absolute Gasteiger partial charge is 0.178 e. The van der Waals surface area contributed by atoms with Gasteiger partial charge in [-0.15, -0.1) is 0 Å². The summed E-state index contributed by atoms with van der Waals surface area (Å²) in [5.41, 5.74) is 1.60. The molecule has 78 valence electrons. The Morgan fingerprint density at radius 3 is 2.80 bits per heavy atom. The Bertz CT molecular complexity index is 436. The number of epoxide rings is 1. The van der Waals surface area contributed by atoms with E-state index in [-0.39, 0.29) is 6.10 Å². The highest BCUT2D eigenvalue weighted by Gasteiger charge is 2.55. The number of benzene rings is 1. The topological polar surface area (TPSA) is 45.5 Å². The third-order valence-electron chi connectivity index (χ3n) is 2.81. The van der Waals surface area contributed by atoms with Crippen molar-refractivity contribution in [3.8, 4) is 11.8 Å². The van der Waals surface area contributed by atoms with Crippen LogP contribution in [0, 0.1) is 18.3 Å². The zero-order chi connectivity index (χ0) is 11.1. The lowest BCUT2D eigenvalue weighted by atomic mass is 9.95. The lowest BCUT2D eigenvalue weighted by Gasteiger charge is -2.12. The minimum absolute atomic E-state index is 0.354. The lowest BCUT2D eigenvalue weighted by molar-refractivity contribution is 0.310. The van der Waals surface area contributed by atoms with Crippen molar-refractivity contribution in [2.75, 3.05) is 7.11 Å². The van der Waals surface area contributed by atoms with Crippen molar-refractivity contribution in [1.82, 2.24) is 0 Å². The normalized spacial score (nSPS) is 28.3. The van der Waals surface area contributed by atoms with E-state index in [0.29, 0.717) is 0 Å². The van der Waals surface area contributed by atoms with Crippen molar-refractivity contribution >= 4 is 0 Å². The number of aryl methyl sites for hydroxylation is 1. The fourth-order valence-electron chi connectivity index (χ4n) is 1.77. The molecular formula is C12H13NO2. The number of nitriles is 1. The molecule has 3 nitrogen and oxygen atoms in total. The molecule has 0 aromatic heterocycles. The molecule has 0 spiro atoms. The Morgan fingerprint density at radius 1 is 1.53 bits per heavy atom. The summed E-state index contributed by atoms with van der Waals surface area (Å²) in [6.07, 6.45) is -0.354. The van der Waals surface area contributed by atoms with Gasteiger partial charge < -0.3 is 9.47 Å². The van der Waals surface area contributed by atoms with Crippen LogP contribution in [0.1, 0.15) is 18.1 Å². The van der Waals surface area contributed by atoms with E-state index >= 15 is 0 Å².